The Balaban J connectivity index is 2.24. The molecule has 94 valence electrons. The Kier molecular flexibility index (Phi) is 3.67. The van der Waals surface area contributed by atoms with Crippen molar-refractivity contribution in [1.29, 1.82) is 0 Å². The van der Waals surface area contributed by atoms with Crippen molar-refractivity contribution in [2.75, 3.05) is 5.32 Å². The predicted molar refractivity (Wildman–Crippen MR) is 76.1 cm³/mol. The average molecular weight is 260 g/mol. The van der Waals surface area contributed by atoms with E-state index in [-0.39, 0.29) is 11.9 Å². The first-order chi connectivity index (χ1) is 8.59. The van der Waals surface area contributed by atoms with Crippen LogP contribution in [0.15, 0.2) is 35.0 Å². The first-order valence-corrected chi connectivity index (χ1v) is 6.72. The topological polar surface area (TPSA) is 55.1 Å². The average Bonchev–Trinajstić information content (AvgIpc) is 2.85. The molecule has 2 rings (SSSR count). The number of benzene rings is 1. The number of thiophene rings is 1. The van der Waals surface area contributed by atoms with Gasteiger partial charge in [0.25, 0.3) is 0 Å². The summed E-state index contributed by atoms with van der Waals surface area (Å²) in [5, 5.41) is 7.58. The molecule has 0 fully saturated rings. The third kappa shape index (κ3) is 2.54. The molecule has 1 amide bonds. The molecule has 3 nitrogen and oxygen atoms in total. The molecule has 1 heterocycles. The van der Waals surface area contributed by atoms with Crippen LogP contribution in [0.3, 0.4) is 0 Å². The third-order valence-electron chi connectivity index (χ3n) is 3.01. The molecule has 1 atom stereocenters. The van der Waals surface area contributed by atoms with E-state index in [1.807, 2.05) is 19.1 Å². The summed E-state index contributed by atoms with van der Waals surface area (Å²) in [5.41, 5.74) is 9.00. The lowest BCUT2D eigenvalue weighted by Crippen LogP contribution is -2.14. The van der Waals surface area contributed by atoms with Gasteiger partial charge in [-0.15, -0.1) is 0 Å². The smallest absolute Gasteiger partial charge is 0.249 e. The van der Waals surface area contributed by atoms with Gasteiger partial charge in [0, 0.05) is 17.3 Å². The number of nitrogens with one attached hydrogen (secondary N) is 1. The standard InChI is InChI=1S/C14H16N2OS/c1-9-12(14(15)17)4-3-5-13(9)16-10(2)11-6-7-18-8-11/h3-8,10,16H,1-2H3,(H2,15,17). The molecule has 0 saturated heterocycles. The van der Waals surface area contributed by atoms with Crippen LogP contribution in [-0.4, -0.2) is 5.91 Å². The van der Waals surface area contributed by atoms with Crippen molar-refractivity contribution in [3.05, 3.63) is 51.7 Å². The molecular formula is C14H16N2OS. The number of anilines is 1. The van der Waals surface area contributed by atoms with Gasteiger partial charge in [-0.05, 0) is 53.9 Å². The molecular weight excluding hydrogens is 244 g/mol. The Bertz CT molecular complexity index is 549. The SMILES string of the molecule is Cc1c(NC(C)c2ccsc2)cccc1C(N)=O. The Morgan fingerprint density at radius 1 is 1.39 bits per heavy atom. The van der Waals surface area contributed by atoms with Gasteiger partial charge in [-0.2, -0.15) is 11.3 Å². The third-order valence-corrected chi connectivity index (χ3v) is 3.72. The maximum Gasteiger partial charge on any atom is 0.249 e. The fourth-order valence-corrected chi connectivity index (χ4v) is 2.65. The summed E-state index contributed by atoms with van der Waals surface area (Å²) in [6.07, 6.45) is 0. The van der Waals surface area contributed by atoms with E-state index in [4.69, 9.17) is 5.73 Å². The number of primary amides is 1. The Morgan fingerprint density at radius 3 is 2.78 bits per heavy atom. The van der Waals surface area contributed by atoms with Crippen LogP contribution in [0, 0.1) is 6.92 Å². The van der Waals surface area contributed by atoms with E-state index in [9.17, 15) is 4.79 Å². The zero-order valence-electron chi connectivity index (χ0n) is 10.4. The second-order valence-corrected chi connectivity index (χ2v) is 5.05. The molecule has 0 spiro atoms. The minimum Gasteiger partial charge on any atom is -0.378 e. The number of amides is 1. The van der Waals surface area contributed by atoms with Crippen LogP contribution >= 0.6 is 11.3 Å². The lowest BCUT2D eigenvalue weighted by Gasteiger charge is -2.17. The number of carbonyl (C=O) groups excluding carboxylic acids is 1. The Morgan fingerprint density at radius 2 is 2.17 bits per heavy atom. The summed E-state index contributed by atoms with van der Waals surface area (Å²) >= 11 is 1.68. The van der Waals surface area contributed by atoms with E-state index in [2.05, 4.69) is 29.1 Å². The molecule has 1 aromatic heterocycles. The summed E-state index contributed by atoms with van der Waals surface area (Å²) in [6.45, 7) is 4.00. The number of hydrogen-bond acceptors (Lipinski definition) is 3. The van der Waals surface area contributed by atoms with Gasteiger partial charge in [0.2, 0.25) is 5.91 Å². The van der Waals surface area contributed by atoms with Crippen LogP contribution in [0.4, 0.5) is 5.69 Å². The predicted octanol–water partition coefficient (Wildman–Crippen LogP) is 3.33. The van der Waals surface area contributed by atoms with Gasteiger partial charge in [0.1, 0.15) is 0 Å². The molecule has 18 heavy (non-hydrogen) atoms. The Hall–Kier alpha value is -1.81. The molecule has 0 radical (unpaired) electrons. The van der Waals surface area contributed by atoms with Gasteiger partial charge in [-0.1, -0.05) is 6.07 Å². The van der Waals surface area contributed by atoms with Gasteiger partial charge < -0.3 is 11.1 Å². The van der Waals surface area contributed by atoms with Gasteiger partial charge in [0.15, 0.2) is 0 Å². The number of nitrogens with two attached hydrogens (primary N) is 1. The van der Waals surface area contributed by atoms with E-state index in [0.29, 0.717) is 5.56 Å². The van der Waals surface area contributed by atoms with Crippen molar-refractivity contribution in [3.8, 4) is 0 Å². The van der Waals surface area contributed by atoms with E-state index in [1.54, 1.807) is 17.4 Å². The molecule has 1 unspecified atom stereocenters. The van der Waals surface area contributed by atoms with Crippen molar-refractivity contribution >= 4 is 22.9 Å². The zero-order valence-corrected chi connectivity index (χ0v) is 11.3. The normalized spacial score (nSPS) is 12.1. The van der Waals surface area contributed by atoms with Crippen LogP contribution in [-0.2, 0) is 0 Å². The maximum absolute atomic E-state index is 11.3. The van der Waals surface area contributed by atoms with Crippen LogP contribution in [0.25, 0.3) is 0 Å². The first kappa shape index (κ1) is 12.6. The van der Waals surface area contributed by atoms with Crippen LogP contribution in [0.2, 0.25) is 0 Å². The highest BCUT2D eigenvalue weighted by molar-refractivity contribution is 7.07. The fraction of sp³-hybridized carbons (Fsp3) is 0.214. The summed E-state index contributed by atoms with van der Waals surface area (Å²) in [5.74, 6) is -0.390. The highest BCUT2D eigenvalue weighted by Gasteiger charge is 2.11. The molecule has 4 heteroatoms. The van der Waals surface area contributed by atoms with Crippen molar-refractivity contribution in [2.24, 2.45) is 5.73 Å². The van der Waals surface area contributed by atoms with Crippen molar-refractivity contribution in [3.63, 3.8) is 0 Å². The highest BCUT2D eigenvalue weighted by Crippen LogP contribution is 2.25. The van der Waals surface area contributed by atoms with Crippen LogP contribution in [0.5, 0.6) is 0 Å². The summed E-state index contributed by atoms with van der Waals surface area (Å²) < 4.78 is 0. The fourth-order valence-electron chi connectivity index (χ4n) is 1.90. The number of rotatable bonds is 4. The molecule has 3 N–H and O–H groups in total. The van der Waals surface area contributed by atoms with Crippen LogP contribution in [0.1, 0.15) is 34.5 Å². The zero-order chi connectivity index (χ0) is 13.1. The van der Waals surface area contributed by atoms with Gasteiger partial charge in [0.05, 0.1) is 0 Å². The van der Waals surface area contributed by atoms with Crippen molar-refractivity contribution in [2.45, 2.75) is 19.9 Å². The minimum atomic E-state index is -0.390. The van der Waals surface area contributed by atoms with Crippen molar-refractivity contribution in [1.82, 2.24) is 0 Å². The maximum atomic E-state index is 11.3. The molecule has 0 aliphatic carbocycles. The highest BCUT2D eigenvalue weighted by atomic mass is 32.1. The molecule has 0 saturated carbocycles. The monoisotopic (exact) mass is 260 g/mol. The van der Waals surface area contributed by atoms with E-state index >= 15 is 0 Å². The van der Waals surface area contributed by atoms with Gasteiger partial charge >= 0.3 is 0 Å². The summed E-state index contributed by atoms with van der Waals surface area (Å²) in [4.78, 5) is 11.3. The molecule has 0 aliphatic rings. The van der Waals surface area contributed by atoms with Gasteiger partial charge in [-0.25, -0.2) is 0 Å². The number of carbonyl (C=O) groups is 1. The van der Waals surface area contributed by atoms with Gasteiger partial charge in [-0.3, -0.25) is 4.79 Å². The van der Waals surface area contributed by atoms with E-state index < -0.39 is 0 Å². The van der Waals surface area contributed by atoms with E-state index in [1.165, 1.54) is 5.56 Å². The molecule has 2 aromatic rings. The number of hydrogen-bond donors (Lipinski definition) is 2. The first-order valence-electron chi connectivity index (χ1n) is 5.77. The van der Waals surface area contributed by atoms with Crippen LogP contribution < -0.4 is 11.1 Å². The quantitative estimate of drug-likeness (QED) is 0.886. The van der Waals surface area contributed by atoms with E-state index in [0.717, 1.165) is 11.3 Å². The summed E-state index contributed by atoms with van der Waals surface area (Å²) in [6, 6.07) is 7.85. The lowest BCUT2D eigenvalue weighted by molar-refractivity contribution is 0.1000. The molecule has 1 aromatic carbocycles. The largest absolute Gasteiger partial charge is 0.378 e. The Labute approximate surface area is 111 Å². The summed E-state index contributed by atoms with van der Waals surface area (Å²) in [7, 11) is 0. The molecule has 0 bridgehead atoms. The minimum absolute atomic E-state index is 0.207. The second kappa shape index (κ2) is 5.23. The molecule has 0 aliphatic heterocycles. The van der Waals surface area contributed by atoms with Crippen molar-refractivity contribution < 1.29 is 4.79 Å². The second-order valence-electron chi connectivity index (χ2n) is 4.27. The lowest BCUT2D eigenvalue weighted by atomic mass is 10.0.